The third-order valence-electron chi connectivity index (χ3n) is 4.61. The number of aromatic amines is 1. The van der Waals surface area contributed by atoms with Crippen molar-refractivity contribution in [3.8, 4) is 26.0 Å². The first-order valence-electron chi connectivity index (χ1n) is 9.00. The molecule has 0 aliphatic rings. The van der Waals surface area contributed by atoms with E-state index in [-0.39, 0.29) is 10.7 Å². The lowest BCUT2D eigenvalue weighted by molar-refractivity contribution is -0.140. The molecule has 0 saturated heterocycles. The maximum absolute atomic E-state index is 13.1. The number of hydrogen-bond donors (Lipinski definition) is 1. The first kappa shape index (κ1) is 22.8. The molecular weight excluding hydrogens is 504 g/mol. The second-order valence-electron chi connectivity index (χ2n) is 6.85. The van der Waals surface area contributed by atoms with Gasteiger partial charge < -0.3 is 4.98 Å². The molecule has 32 heavy (non-hydrogen) atoms. The number of nitrogens with one attached hydrogen (secondary N) is 1. The molecule has 2 aromatic heterocycles. The molecule has 2 aromatic carbocycles. The minimum absolute atomic E-state index is 0.0137. The molecule has 1 atom stereocenters. The number of imidazole rings is 1. The van der Waals surface area contributed by atoms with E-state index < -0.39 is 32.2 Å². The molecule has 1 unspecified atom stereocenters. The second-order valence-corrected chi connectivity index (χ2v) is 11.6. The highest BCUT2D eigenvalue weighted by Gasteiger charge is 2.36. The van der Waals surface area contributed by atoms with Crippen LogP contribution in [0.2, 0.25) is 10.0 Å². The van der Waals surface area contributed by atoms with Crippen LogP contribution in [0, 0.1) is 0 Å². The number of aromatic nitrogens is 2. The fourth-order valence-corrected chi connectivity index (χ4v) is 7.11. The van der Waals surface area contributed by atoms with E-state index in [1.165, 1.54) is 6.07 Å². The summed E-state index contributed by atoms with van der Waals surface area (Å²) < 4.78 is 64.2. The van der Waals surface area contributed by atoms with Crippen LogP contribution >= 0.6 is 33.7 Å². The van der Waals surface area contributed by atoms with Crippen molar-refractivity contribution in [3.05, 3.63) is 76.5 Å². The number of thiophene rings is 1. The maximum Gasteiger partial charge on any atom is 0.432 e. The monoisotopic (exact) mass is 517 g/mol. The Morgan fingerprint density at radius 3 is 2.34 bits per heavy atom. The second kappa shape index (κ2) is 8.22. The number of hydrogen-bond acceptors (Lipinski definition) is 3. The Labute approximate surface area is 194 Å². The molecule has 0 radical (unpaired) electrons. The van der Waals surface area contributed by atoms with E-state index in [2.05, 4.69) is 9.97 Å². The van der Waals surface area contributed by atoms with Crippen LogP contribution in [0.15, 0.2) is 65.7 Å². The van der Waals surface area contributed by atoms with Crippen LogP contribution in [0.4, 0.5) is 13.2 Å². The van der Waals surface area contributed by atoms with Gasteiger partial charge in [-0.3, -0.25) is 0 Å². The van der Waals surface area contributed by atoms with Crippen molar-refractivity contribution in [1.82, 2.24) is 9.97 Å². The molecular formula is C21H14Cl2F3N2O2S2+. The molecule has 2 heterocycles. The average molecular weight is 518 g/mol. The van der Waals surface area contributed by atoms with Crippen LogP contribution in [-0.2, 0) is 16.0 Å². The Kier molecular flexibility index (Phi) is 5.87. The van der Waals surface area contributed by atoms with Crippen LogP contribution in [0.5, 0.6) is 0 Å². The minimum atomic E-state index is -4.59. The first-order chi connectivity index (χ1) is 15.0. The number of nitrogens with zero attached hydrogens (tertiary/aromatic N) is 1. The Morgan fingerprint density at radius 2 is 1.69 bits per heavy atom. The fraction of sp³-hybridized carbons (Fsp3) is 0.0952. The van der Waals surface area contributed by atoms with Crippen molar-refractivity contribution >= 4 is 43.5 Å². The molecule has 1 N–H and O–H groups in total. The Hall–Kier alpha value is -2.33. The number of H-pyrrole nitrogens is 1. The number of alkyl halides is 3. The zero-order valence-electron chi connectivity index (χ0n) is 16.2. The van der Waals surface area contributed by atoms with Gasteiger partial charge in [0.1, 0.15) is 10.7 Å². The van der Waals surface area contributed by atoms with Crippen molar-refractivity contribution in [1.29, 1.82) is 0 Å². The third-order valence-corrected chi connectivity index (χ3v) is 8.78. The van der Waals surface area contributed by atoms with Gasteiger partial charge in [0.05, 0.1) is 16.7 Å². The zero-order chi connectivity index (χ0) is 23.3. The van der Waals surface area contributed by atoms with E-state index in [0.717, 1.165) is 12.5 Å². The van der Waals surface area contributed by atoms with Crippen LogP contribution in [-0.4, -0.2) is 24.6 Å². The molecule has 0 saturated carbocycles. The molecule has 11 heteroatoms. The summed E-state index contributed by atoms with van der Waals surface area (Å²) in [4.78, 5) is 7.91. The summed E-state index contributed by atoms with van der Waals surface area (Å²) in [5.74, 6) is 0.0137. The number of sulfone groups is 1. The summed E-state index contributed by atoms with van der Waals surface area (Å²) in [6, 6.07) is 14.5. The van der Waals surface area contributed by atoms with Crippen molar-refractivity contribution in [2.45, 2.75) is 11.1 Å². The number of rotatable bonds is 4. The van der Waals surface area contributed by atoms with Gasteiger partial charge in [0, 0.05) is 39.9 Å². The molecule has 0 amide bonds. The summed E-state index contributed by atoms with van der Waals surface area (Å²) >= 11 is 12.6. The Morgan fingerprint density at radius 1 is 1.00 bits per heavy atom. The Balaban J connectivity index is 2.05. The van der Waals surface area contributed by atoms with Crippen LogP contribution in [0.25, 0.3) is 26.0 Å². The highest BCUT2D eigenvalue weighted by atomic mass is 35.5. The van der Waals surface area contributed by atoms with Crippen LogP contribution in [0.1, 0.15) is 5.69 Å². The summed E-state index contributed by atoms with van der Waals surface area (Å²) in [7, 11) is -4.65. The van der Waals surface area contributed by atoms with E-state index in [1.54, 1.807) is 48.5 Å². The minimum Gasteiger partial charge on any atom is -0.330 e. The van der Waals surface area contributed by atoms with Crippen LogP contribution < -0.4 is 0 Å². The molecule has 166 valence electrons. The summed E-state index contributed by atoms with van der Waals surface area (Å²) in [5, 5.41) is 0.727. The average Bonchev–Trinajstić information content (AvgIpc) is 3.36. The maximum atomic E-state index is 13.1. The van der Waals surface area contributed by atoms with Gasteiger partial charge in [0.25, 0.3) is 0 Å². The standard InChI is InChI=1S/C21H14Cl2F3N2O2S2/c1-32(29,30)18-5-3-2-4-13(18)15-8-9-16(20-27-11-19(28-20)21(24,25)26)31(15)17-10-12(22)6-7-14(17)23/h2-11H,1H3,(H,27,28)/q+1. The lowest BCUT2D eigenvalue weighted by Gasteiger charge is -2.06. The fourth-order valence-electron chi connectivity index (χ4n) is 3.24. The third kappa shape index (κ3) is 4.30. The van der Waals surface area contributed by atoms with Crippen molar-refractivity contribution in [2.24, 2.45) is 0 Å². The summed E-state index contributed by atoms with van der Waals surface area (Å²) in [5.41, 5.74) is -0.553. The molecule has 0 bridgehead atoms. The molecule has 0 aliphatic carbocycles. The van der Waals surface area contributed by atoms with Crippen molar-refractivity contribution in [3.63, 3.8) is 0 Å². The molecule has 0 aliphatic heterocycles. The molecule has 0 fully saturated rings. The van der Waals surface area contributed by atoms with Crippen LogP contribution in [0.3, 0.4) is 0 Å². The van der Waals surface area contributed by atoms with Crippen molar-refractivity contribution < 1.29 is 21.6 Å². The molecule has 4 nitrogen and oxygen atoms in total. The van der Waals surface area contributed by atoms with E-state index >= 15 is 0 Å². The Bertz CT molecular complexity index is 1430. The SMILES string of the molecule is CS(=O)(=O)c1ccccc1-c1ccc(-c2ncc(C(F)(F)F)[nH]2)[s+]1-c1cc(Cl)ccc1Cl. The molecule has 4 aromatic rings. The van der Waals surface area contributed by atoms with Gasteiger partial charge in [-0.1, -0.05) is 35.3 Å². The smallest absolute Gasteiger partial charge is 0.330 e. The highest BCUT2D eigenvalue weighted by molar-refractivity contribution is 7.90. The molecule has 0 spiro atoms. The summed E-state index contributed by atoms with van der Waals surface area (Å²) in [6.45, 7) is 0. The predicted molar refractivity (Wildman–Crippen MR) is 121 cm³/mol. The summed E-state index contributed by atoms with van der Waals surface area (Å²) in [6.07, 6.45) is -2.77. The molecule has 4 rings (SSSR count). The van der Waals surface area contributed by atoms with Gasteiger partial charge in [-0.05, 0) is 24.3 Å². The van der Waals surface area contributed by atoms with Gasteiger partial charge in [0.15, 0.2) is 25.4 Å². The van der Waals surface area contributed by atoms with E-state index in [0.29, 0.717) is 30.3 Å². The van der Waals surface area contributed by atoms with Gasteiger partial charge in [-0.2, -0.15) is 13.2 Å². The highest BCUT2D eigenvalue weighted by Crippen LogP contribution is 2.53. The number of halogens is 5. The first-order valence-corrected chi connectivity index (χ1v) is 12.9. The van der Waals surface area contributed by atoms with E-state index in [9.17, 15) is 21.6 Å². The zero-order valence-corrected chi connectivity index (χ0v) is 19.4. The van der Waals surface area contributed by atoms with E-state index in [4.69, 9.17) is 23.2 Å². The predicted octanol–water partition coefficient (Wildman–Crippen LogP) is 7.21. The lowest BCUT2D eigenvalue weighted by Crippen LogP contribution is -2.04. The van der Waals surface area contributed by atoms with Gasteiger partial charge in [0.2, 0.25) is 4.88 Å². The quantitative estimate of drug-likeness (QED) is 0.291. The largest absolute Gasteiger partial charge is 0.432 e. The van der Waals surface area contributed by atoms with Gasteiger partial charge >= 0.3 is 6.18 Å². The normalized spacial score (nSPS) is 12.9. The van der Waals surface area contributed by atoms with Gasteiger partial charge in [-0.25, -0.2) is 13.4 Å². The topological polar surface area (TPSA) is 62.8 Å². The van der Waals surface area contributed by atoms with E-state index in [1.807, 2.05) is 0 Å². The van der Waals surface area contributed by atoms with Gasteiger partial charge in [-0.15, -0.1) is 0 Å². The number of benzene rings is 2. The lowest BCUT2D eigenvalue weighted by atomic mass is 10.2. The van der Waals surface area contributed by atoms with Crippen molar-refractivity contribution in [2.75, 3.05) is 6.26 Å².